The highest BCUT2D eigenvalue weighted by atomic mass is 35.5. The van der Waals surface area contributed by atoms with E-state index in [0.29, 0.717) is 10.8 Å². The monoisotopic (exact) mass is 744 g/mol. The molecule has 4 aliphatic rings. The summed E-state index contributed by atoms with van der Waals surface area (Å²) in [5.74, 6) is 3.49. The fourth-order valence-corrected chi connectivity index (χ4v) is 10.7. The maximum Gasteiger partial charge on any atom is 0.223 e. The number of halogens is 1. The van der Waals surface area contributed by atoms with Crippen molar-refractivity contribution in [2.45, 2.75) is 154 Å². The largest absolute Gasteiger partial charge is 0.353 e. The number of nitrogens with zero attached hydrogens (tertiary/aromatic N) is 4. The van der Waals surface area contributed by atoms with Gasteiger partial charge < -0.3 is 10.6 Å². The Morgan fingerprint density at radius 2 is 1.38 bits per heavy atom. The lowest BCUT2D eigenvalue weighted by molar-refractivity contribution is -0.127. The molecule has 10 heteroatoms. The number of hydrogen-bond acceptors (Lipinski definition) is 6. The molecule has 3 heterocycles. The van der Waals surface area contributed by atoms with Crippen LogP contribution < -0.4 is 10.6 Å². The molecule has 2 amide bonds. The zero-order chi connectivity index (χ0) is 36.2. The van der Waals surface area contributed by atoms with E-state index < -0.39 is 6.04 Å². The number of hydrogen-bond donors (Lipinski definition) is 2. The lowest BCUT2D eigenvalue weighted by Gasteiger charge is -2.37. The summed E-state index contributed by atoms with van der Waals surface area (Å²) in [4.78, 5) is 33.5. The number of benzene rings is 1. The summed E-state index contributed by atoms with van der Waals surface area (Å²) in [7, 11) is 0. The Kier molecular flexibility index (Phi) is 12.2. The SMILES string of the molecule is Cc1sc2c(c1C)C(c1ccc(Cl)cc1)=N[C@@H](CC(=O)NC1CC(NC(=O)C3CCCCC(C4CCCCCCCC4)CCC3)C1)c1nnc(C)n1-2. The molecule has 1 aromatic carbocycles. The maximum absolute atomic E-state index is 13.6. The zero-order valence-electron chi connectivity index (χ0n) is 31.4. The third-order valence-electron chi connectivity index (χ3n) is 12.5. The van der Waals surface area contributed by atoms with E-state index in [-0.39, 0.29) is 36.2 Å². The molecule has 3 fully saturated rings. The minimum atomic E-state index is -0.499. The number of nitrogens with one attached hydrogen (secondary N) is 2. The number of rotatable bonds is 7. The Morgan fingerprint density at radius 3 is 2.10 bits per heavy atom. The second-order valence-electron chi connectivity index (χ2n) is 16.2. The molecule has 0 spiro atoms. The number of thiophene rings is 1. The highest BCUT2D eigenvalue weighted by molar-refractivity contribution is 7.15. The zero-order valence-corrected chi connectivity index (χ0v) is 33.0. The average molecular weight is 745 g/mol. The van der Waals surface area contributed by atoms with Crippen LogP contribution in [-0.2, 0) is 9.59 Å². The molecule has 280 valence electrons. The van der Waals surface area contributed by atoms with Gasteiger partial charge in [-0.3, -0.25) is 19.1 Å². The summed E-state index contributed by atoms with van der Waals surface area (Å²) in [5, 5.41) is 17.3. The van der Waals surface area contributed by atoms with E-state index in [1.807, 2.05) is 31.2 Å². The van der Waals surface area contributed by atoms with Crippen molar-refractivity contribution in [2.75, 3.05) is 0 Å². The number of amides is 2. The Bertz CT molecular complexity index is 1730. The van der Waals surface area contributed by atoms with Crippen LogP contribution in [0.15, 0.2) is 29.3 Å². The quantitative estimate of drug-likeness (QED) is 0.252. The highest BCUT2D eigenvalue weighted by Crippen LogP contribution is 2.40. The van der Waals surface area contributed by atoms with E-state index in [2.05, 4.69) is 39.2 Å². The van der Waals surface area contributed by atoms with E-state index in [4.69, 9.17) is 16.6 Å². The Morgan fingerprint density at radius 1 is 0.788 bits per heavy atom. The van der Waals surface area contributed by atoms with Crippen LogP contribution in [0.25, 0.3) is 5.00 Å². The van der Waals surface area contributed by atoms with Crippen molar-refractivity contribution in [3.63, 3.8) is 0 Å². The highest BCUT2D eigenvalue weighted by Gasteiger charge is 2.36. The van der Waals surface area contributed by atoms with Crippen molar-refractivity contribution >= 4 is 40.5 Å². The smallest absolute Gasteiger partial charge is 0.223 e. The Balaban J connectivity index is 0.939. The molecule has 52 heavy (non-hydrogen) atoms. The van der Waals surface area contributed by atoms with Gasteiger partial charge in [-0.25, -0.2) is 0 Å². The van der Waals surface area contributed by atoms with Crippen molar-refractivity contribution in [1.29, 1.82) is 0 Å². The molecule has 3 aromatic rings. The fourth-order valence-electron chi connectivity index (χ4n) is 9.35. The van der Waals surface area contributed by atoms with Gasteiger partial charge >= 0.3 is 0 Å². The number of aromatic nitrogens is 3. The second kappa shape index (κ2) is 17.0. The van der Waals surface area contributed by atoms with Gasteiger partial charge in [0, 0.05) is 39.0 Å². The average Bonchev–Trinajstić information content (AvgIpc) is 3.67. The van der Waals surface area contributed by atoms with E-state index >= 15 is 0 Å². The molecular weight excluding hydrogens is 688 g/mol. The van der Waals surface area contributed by atoms with Gasteiger partial charge in [0.2, 0.25) is 11.8 Å². The standard InChI is InChI=1S/C42H57ClN6O2S/c1-26-27(2)52-42-38(26)39(31-19-21-33(43)22-20-31)46-36(40-48-47-28(3)49(40)42)25-37(50)44-34-23-35(24-34)45-41(51)32-16-11-10-15-30(17-12-18-32)29-13-8-6-4-5-7-9-14-29/h19-22,29-30,32,34-36H,4-18,23-25H2,1-3H3,(H,44,50)(H,45,51)/t30?,32?,34?,35?,36-/m0/s1. The van der Waals surface area contributed by atoms with Gasteiger partial charge in [0.1, 0.15) is 16.9 Å². The molecule has 2 unspecified atom stereocenters. The number of carbonyl (C=O) groups is 2. The third kappa shape index (κ3) is 8.51. The van der Waals surface area contributed by atoms with Crippen molar-refractivity contribution < 1.29 is 9.59 Å². The molecule has 3 aliphatic carbocycles. The first-order valence-electron chi connectivity index (χ1n) is 20.2. The van der Waals surface area contributed by atoms with Gasteiger partial charge in [0.05, 0.1) is 12.1 Å². The van der Waals surface area contributed by atoms with Crippen molar-refractivity contribution in [1.82, 2.24) is 25.4 Å². The van der Waals surface area contributed by atoms with Gasteiger partial charge in [-0.2, -0.15) is 0 Å². The summed E-state index contributed by atoms with van der Waals surface area (Å²) in [5.41, 5.74) is 4.02. The van der Waals surface area contributed by atoms with Crippen LogP contribution >= 0.6 is 22.9 Å². The summed E-state index contributed by atoms with van der Waals surface area (Å²) >= 11 is 7.97. The van der Waals surface area contributed by atoms with Crippen LogP contribution in [0.4, 0.5) is 0 Å². The molecule has 0 saturated heterocycles. The first-order chi connectivity index (χ1) is 25.2. The van der Waals surface area contributed by atoms with E-state index in [1.165, 1.54) is 87.5 Å². The van der Waals surface area contributed by atoms with Crippen molar-refractivity contribution in [2.24, 2.45) is 22.7 Å². The van der Waals surface area contributed by atoms with E-state index in [9.17, 15) is 9.59 Å². The topological polar surface area (TPSA) is 101 Å². The van der Waals surface area contributed by atoms with Crippen molar-refractivity contribution in [3.05, 3.63) is 62.5 Å². The predicted molar refractivity (Wildman–Crippen MR) is 211 cm³/mol. The van der Waals surface area contributed by atoms with Gasteiger partial charge in [-0.1, -0.05) is 107 Å². The third-order valence-corrected chi connectivity index (χ3v) is 14.0. The van der Waals surface area contributed by atoms with Gasteiger partial charge in [-0.05, 0) is 76.0 Å². The van der Waals surface area contributed by atoms with Gasteiger partial charge in [-0.15, -0.1) is 21.5 Å². The first kappa shape index (κ1) is 37.3. The van der Waals surface area contributed by atoms with Gasteiger partial charge in [0.15, 0.2) is 5.82 Å². The van der Waals surface area contributed by atoms with Crippen molar-refractivity contribution in [3.8, 4) is 5.00 Å². The molecule has 8 nitrogen and oxygen atoms in total. The second-order valence-corrected chi connectivity index (χ2v) is 17.8. The lowest BCUT2D eigenvalue weighted by Crippen LogP contribution is -2.54. The predicted octanol–water partition coefficient (Wildman–Crippen LogP) is 9.68. The van der Waals surface area contributed by atoms with Crippen LogP contribution in [0.5, 0.6) is 0 Å². The molecule has 3 saturated carbocycles. The summed E-state index contributed by atoms with van der Waals surface area (Å²) in [6.45, 7) is 6.21. The number of aryl methyl sites for hydroxylation is 2. The van der Waals surface area contributed by atoms with E-state index in [1.54, 1.807) is 11.3 Å². The molecular formula is C42H57ClN6O2S. The number of aliphatic imine (C=N–C) groups is 1. The summed E-state index contributed by atoms with van der Waals surface area (Å²) in [6, 6.07) is 7.41. The van der Waals surface area contributed by atoms with E-state index in [0.717, 1.165) is 71.6 Å². The molecule has 2 aromatic heterocycles. The molecule has 1 aliphatic heterocycles. The number of fused-ring (bicyclic) bond motifs is 3. The normalized spacial score (nSPS) is 26.0. The number of carbonyl (C=O) groups excluding carboxylic acids is 2. The molecule has 2 N–H and O–H groups in total. The van der Waals surface area contributed by atoms with Crippen LogP contribution in [0.2, 0.25) is 5.02 Å². The van der Waals surface area contributed by atoms with Gasteiger partial charge in [0.25, 0.3) is 0 Å². The Hall–Kier alpha value is -3.04. The summed E-state index contributed by atoms with van der Waals surface area (Å²) < 4.78 is 2.08. The lowest BCUT2D eigenvalue weighted by atomic mass is 9.79. The van der Waals surface area contributed by atoms with Crippen LogP contribution in [-0.4, -0.2) is 44.4 Å². The first-order valence-corrected chi connectivity index (χ1v) is 21.4. The Labute approximate surface area is 319 Å². The minimum absolute atomic E-state index is 0.0451. The molecule has 0 radical (unpaired) electrons. The fraction of sp³-hybridized carbons (Fsp3) is 0.643. The maximum atomic E-state index is 13.6. The van der Waals surface area contributed by atoms with Crippen LogP contribution in [0, 0.1) is 38.5 Å². The molecule has 7 rings (SSSR count). The molecule has 0 bridgehead atoms. The summed E-state index contributed by atoms with van der Waals surface area (Å²) in [6.07, 6.45) is 21.3. The van der Waals surface area contributed by atoms with Crippen LogP contribution in [0.1, 0.15) is 155 Å². The molecule has 3 atom stereocenters. The minimum Gasteiger partial charge on any atom is -0.353 e. The van der Waals surface area contributed by atoms with Crippen LogP contribution in [0.3, 0.4) is 0 Å².